The minimum absolute atomic E-state index is 0.756. The van der Waals surface area contributed by atoms with E-state index < -0.39 is 0 Å². The number of hydrogen-bond acceptors (Lipinski definition) is 0. The summed E-state index contributed by atoms with van der Waals surface area (Å²) >= 11 is 11.9. The number of benzene rings is 3. The first kappa shape index (κ1) is 18.5. The maximum Gasteiger partial charge on any atom is 0.0406 e. The van der Waals surface area contributed by atoms with Crippen molar-refractivity contribution in [2.45, 2.75) is 13.8 Å². The number of hydrogen-bond donors (Lipinski definition) is 0. The molecule has 0 atom stereocenters. The summed E-state index contributed by atoms with van der Waals surface area (Å²) in [6, 6.07) is 20.2. The molecule has 0 aliphatic carbocycles. The maximum absolute atomic E-state index is 5.94. The lowest BCUT2D eigenvalue weighted by Crippen LogP contribution is -1.88. The predicted octanol–water partition coefficient (Wildman–Crippen LogP) is 7.95. The van der Waals surface area contributed by atoms with Gasteiger partial charge in [-0.25, -0.2) is 0 Å². The topological polar surface area (TPSA) is 0 Å². The Kier molecular flexibility index (Phi) is 5.98. The highest BCUT2D eigenvalue weighted by Gasteiger charge is 2.01. The largest absolute Gasteiger partial charge is 0.0843 e. The summed E-state index contributed by atoms with van der Waals surface area (Å²) < 4.78 is 0. The van der Waals surface area contributed by atoms with Crippen molar-refractivity contribution >= 4 is 47.5 Å². The third-order valence-electron chi connectivity index (χ3n) is 4.31. The predicted molar refractivity (Wildman–Crippen MR) is 117 cm³/mol. The molecule has 0 fully saturated rings. The van der Waals surface area contributed by atoms with Gasteiger partial charge in [-0.05, 0) is 71.5 Å². The van der Waals surface area contributed by atoms with Crippen molar-refractivity contribution in [3.8, 4) is 0 Å². The van der Waals surface area contributed by atoms with Gasteiger partial charge in [0.1, 0.15) is 0 Å². The Labute approximate surface area is 165 Å². The molecule has 0 aromatic heterocycles. The molecule has 0 amide bonds. The van der Waals surface area contributed by atoms with Gasteiger partial charge in [0.15, 0.2) is 0 Å². The summed E-state index contributed by atoms with van der Waals surface area (Å²) in [6.07, 6.45) is 8.53. The van der Waals surface area contributed by atoms with E-state index in [0.29, 0.717) is 0 Å². The lowest BCUT2D eigenvalue weighted by molar-refractivity contribution is 1.36. The SMILES string of the molecule is Cc1cc(/C=C/c2ccc(Cl)cc2)c(C)cc1/C=C/c1ccc(Cl)cc1. The van der Waals surface area contributed by atoms with Crippen molar-refractivity contribution in [3.63, 3.8) is 0 Å². The average Bonchev–Trinajstić information content (AvgIpc) is 2.63. The van der Waals surface area contributed by atoms with Gasteiger partial charge in [0.05, 0.1) is 0 Å². The van der Waals surface area contributed by atoms with Crippen LogP contribution >= 0.6 is 23.2 Å². The van der Waals surface area contributed by atoms with E-state index in [9.17, 15) is 0 Å². The Morgan fingerprint density at radius 3 is 1.23 bits per heavy atom. The average molecular weight is 379 g/mol. The van der Waals surface area contributed by atoms with Gasteiger partial charge in [-0.15, -0.1) is 0 Å². The highest BCUT2D eigenvalue weighted by Crippen LogP contribution is 2.21. The van der Waals surface area contributed by atoms with Crippen LogP contribution in [0.25, 0.3) is 24.3 Å². The van der Waals surface area contributed by atoms with Crippen LogP contribution in [0.5, 0.6) is 0 Å². The third-order valence-corrected chi connectivity index (χ3v) is 4.81. The number of aryl methyl sites for hydroxylation is 2. The summed E-state index contributed by atoms with van der Waals surface area (Å²) in [6.45, 7) is 4.28. The zero-order valence-electron chi connectivity index (χ0n) is 14.8. The van der Waals surface area contributed by atoms with Crippen LogP contribution in [0, 0.1) is 13.8 Å². The summed E-state index contributed by atoms with van der Waals surface area (Å²) in [5.74, 6) is 0. The first-order valence-corrected chi connectivity index (χ1v) is 9.25. The fraction of sp³-hybridized carbons (Fsp3) is 0.0833. The van der Waals surface area contributed by atoms with Crippen molar-refractivity contribution in [1.29, 1.82) is 0 Å². The Balaban J connectivity index is 1.81. The maximum atomic E-state index is 5.94. The van der Waals surface area contributed by atoms with Crippen molar-refractivity contribution in [3.05, 3.63) is 104 Å². The normalized spacial score (nSPS) is 11.5. The van der Waals surface area contributed by atoms with Gasteiger partial charge in [0.25, 0.3) is 0 Å². The third kappa shape index (κ3) is 4.88. The standard InChI is InChI=1S/C24H20Cl2/c1-17-15-22(10-4-20-7-13-24(26)14-8-20)18(2)16-21(17)9-3-19-5-11-23(25)12-6-19/h3-16H,1-2H3/b9-3+,10-4+. The van der Waals surface area contributed by atoms with Gasteiger partial charge >= 0.3 is 0 Å². The second-order valence-corrected chi connectivity index (χ2v) is 7.21. The van der Waals surface area contributed by atoms with Crippen LogP contribution in [0.4, 0.5) is 0 Å². The molecule has 2 heteroatoms. The molecule has 0 heterocycles. The highest BCUT2D eigenvalue weighted by atomic mass is 35.5. The summed E-state index contributed by atoms with van der Waals surface area (Å²) in [5.41, 5.74) is 7.21. The fourth-order valence-electron chi connectivity index (χ4n) is 2.74. The van der Waals surface area contributed by atoms with Gasteiger partial charge in [-0.1, -0.05) is 83.9 Å². The molecule has 3 aromatic rings. The van der Waals surface area contributed by atoms with Gasteiger partial charge in [-0.2, -0.15) is 0 Å². The zero-order valence-corrected chi connectivity index (χ0v) is 16.4. The minimum atomic E-state index is 0.756. The number of rotatable bonds is 4. The molecule has 0 bridgehead atoms. The lowest BCUT2D eigenvalue weighted by Gasteiger charge is -2.07. The summed E-state index contributed by atoms with van der Waals surface area (Å²) in [5, 5.41) is 1.51. The van der Waals surface area contributed by atoms with E-state index in [-0.39, 0.29) is 0 Å². The molecule has 0 N–H and O–H groups in total. The molecule has 0 aliphatic rings. The van der Waals surface area contributed by atoms with Crippen LogP contribution in [0.15, 0.2) is 60.7 Å². The van der Waals surface area contributed by atoms with E-state index in [1.165, 1.54) is 22.3 Å². The smallest absolute Gasteiger partial charge is 0.0406 e. The molecule has 0 saturated heterocycles. The van der Waals surface area contributed by atoms with E-state index in [0.717, 1.165) is 21.2 Å². The quantitative estimate of drug-likeness (QED) is 0.404. The first-order chi connectivity index (χ1) is 12.5. The molecular weight excluding hydrogens is 359 g/mol. The van der Waals surface area contributed by atoms with Crippen molar-refractivity contribution in [2.75, 3.05) is 0 Å². The molecule has 130 valence electrons. The van der Waals surface area contributed by atoms with Crippen LogP contribution in [0.1, 0.15) is 33.4 Å². The van der Waals surface area contributed by atoms with Crippen LogP contribution < -0.4 is 0 Å². The molecule has 0 radical (unpaired) electrons. The van der Waals surface area contributed by atoms with E-state index in [2.05, 4.69) is 50.3 Å². The summed E-state index contributed by atoms with van der Waals surface area (Å²) in [7, 11) is 0. The Morgan fingerprint density at radius 2 is 0.885 bits per heavy atom. The monoisotopic (exact) mass is 378 g/mol. The second kappa shape index (κ2) is 8.40. The Bertz CT molecular complexity index is 866. The molecule has 0 spiro atoms. The Hall–Kier alpha value is -2.28. The second-order valence-electron chi connectivity index (χ2n) is 6.34. The van der Waals surface area contributed by atoms with Crippen molar-refractivity contribution < 1.29 is 0 Å². The molecule has 0 saturated carbocycles. The van der Waals surface area contributed by atoms with Crippen LogP contribution in [-0.2, 0) is 0 Å². The summed E-state index contributed by atoms with van der Waals surface area (Å²) in [4.78, 5) is 0. The van der Waals surface area contributed by atoms with Crippen molar-refractivity contribution in [1.82, 2.24) is 0 Å². The highest BCUT2D eigenvalue weighted by molar-refractivity contribution is 6.30. The van der Waals surface area contributed by atoms with E-state index in [1.807, 2.05) is 48.5 Å². The van der Waals surface area contributed by atoms with Crippen LogP contribution in [0.3, 0.4) is 0 Å². The van der Waals surface area contributed by atoms with Gasteiger partial charge < -0.3 is 0 Å². The molecule has 3 aromatic carbocycles. The first-order valence-electron chi connectivity index (χ1n) is 8.50. The molecule has 3 rings (SSSR count). The van der Waals surface area contributed by atoms with Crippen molar-refractivity contribution in [2.24, 2.45) is 0 Å². The van der Waals surface area contributed by atoms with E-state index in [4.69, 9.17) is 23.2 Å². The minimum Gasteiger partial charge on any atom is -0.0843 e. The number of halogens is 2. The molecule has 0 aliphatic heterocycles. The van der Waals surface area contributed by atoms with Gasteiger partial charge in [-0.3, -0.25) is 0 Å². The van der Waals surface area contributed by atoms with E-state index >= 15 is 0 Å². The molecule has 26 heavy (non-hydrogen) atoms. The molecule has 0 unspecified atom stereocenters. The Morgan fingerprint density at radius 1 is 0.538 bits per heavy atom. The van der Waals surface area contributed by atoms with E-state index in [1.54, 1.807) is 0 Å². The molecular formula is C24H20Cl2. The lowest BCUT2D eigenvalue weighted by atomic mass is 9.98. The van der Waals surface area contributed by atoms with Gasteiger partial charge in [0.2, 0.25) is 0 Å². The molecule has 0 nitrogen and oxygen atoms in total. The fourth-order valence-corrected chi connectivity index (χ4v) is 2.99. The zero-order chi connectivity index (χ0) is 18.5. The van der Waals surface area contributed by atoms with Gasteiger partial charge in [0, 0.05) is 10.0 Å². The van der Waals surface area contributed by atoms with Crippen LogP contribution in [-0.4, -0.2) is 0 Å². The van der Waals surface area contributed by atoms with Crippen LogP contribution in [0.2, 0.25) is 10.0 Å².